The van der Waals surface area contributed by atoms with E-state index in [2.05, 4.69) is 26.0 Å². The van der Waals surface area contributed by atoms with Gasteiger partial charge in [-0.15, -0.1) is 0 Å². The monoisotopic (exact) mass is 345 g/mol. The van der Waals surface area contributed by atoms with Crippen molar-refractivity contribution in [3.8, 4) is 0 Å². The van der Waals surface area contributed by atoms with Crippen molar-refractivity contribution in [2.24, 2.45) is 0 Å². The highest BCUT2D eigenvalue weighted by Crippen LogP contribution is 2.11. The molecule has 0 aromatic carbocycles. The third-order valence-corrected chi connectivity index (χ3v) is 3.70. The van der Waals surface area contributed by atoms with Crippen molar-refractivity contribution in [1.29, 1.82) is 0 Å². The molecule has 0 atom stereocenters. The van der Waals surface area contributed by atoms with Crippen LogP contribution in [-0.4, -0.2) is 66.0 Å². The van der Waals surface area contributed by atoms with Crippen LogP contribution in [0.3, 0.4) is 0 Å². The second kappa shape index (κ2) is 7.75. The summed E-state index contributed by atoms with van der Waals surface area (Å²) in [5.41, 5.74) is 0.367. The van der Waals surface area contributed by atoms with E-state index in [1.165, 1.54) is 0 Å². The van der Waals surface area contributed by atoms with Crippen LogP contribution in [0.2, 0.25) is 0 Å². The number of ether oxygens (including phenoxy) is 1. The molecule has 1 amide bonds. The van der Waals surface area contributed by atoms with Gasteiger partial charge in [0.25, 0.3) is 5.91 Å². The van der Waals surface area contributed by atoms with Crippen LogP contribution in [0, 0.1) is 0 Å². The second-order valence-corrected chi connectivity index (χ2v) is 5.58. The number of carbonyl (C=O) groups is 1. The van der Waals surface area contributed by atoms with E-state index in [-0.39, 0.29) is 5.91 Å². The first kappa shape index (κ1) is 15.5. The van der Waals surface area contributed by atoms with Crippen LogP contribution in [0.5, 0.6) is 0 Å². The van der Waals surface area contributed by atoms with Gasteiger partial charge in [-0.2, -0.15) is 0 Å². The van der Waals surface area contributed by atoms with Crippen LogP contribution in [0.1, 0.15) is 22.7 Å². The number of amides is 1. The Morgan fingerprint density at radius 3 is 3.05 bits per heavy atom. The Balaban J connectivity index is 1.94. The van der Waals surface area contributed by atoms with Gasteiger partial charge >= 0.3 is 0 Å². The lowest BCUT2D eigenvalue weighted by Gasteiger charge is -2.20. The van der Waals surface area contributed by atoms with Crippen LogP contribution in [0.25, 0.3) is 0 Å². The van der Waals surface area contributed by atoms with Gasteiger partial charge in [-0.05, 0) is 13.0 Å². The zero-order chi connectivity index (χ0) is 14.4. The van der Waals surface area contributed by atoms with Crippen molar-refractivity contribution in [2.45, 2.75) is 13.0 Å². The van der Waals surface area contributed by atoms with Gasteiger partial charge in [-0.25, -0.2) is 0 Å². The molecule has 0 N–H and O–H groups in total. The van der Waals surface area contributed by atoms with Gasteiger partial charge in [0, 0.05) is 44.7 Å². The SMILES string of the molecule is COCc1cc(C(=O)N2CCCN(CCBr)CC2)no1. The number of hydrogen-bond donors (Lipinski definition) is 0. The topological polar surface area (TPSA) is 58.8 Å². The predicted octanol–water partition coefficient (Wildman–Crippen LogP) is 1.36. The van der Waals surface area contributed by atoms with Crippen LogP contribution in [-0.2, 0) is 11.3 Å². The molecule has 1 fully saturated rings. The molecule has 1 aliphatic heterocycles. The number of halogens is 1. The number of aromatic nitrogens is 1. The average Bonchev–Trinajstić information content (AvgIpc) is 2.78. The maximum absolute atomic E-state index is 12.4. The van der Waals surface area contributed by atoms with Gasteiger partial charge in [0.05, 0.1) is 0 Å². The van der Waals surface area contributed by atoms with Crippen molar-refractivity contribution >= 4 is 21.8 Å². The van der Waals surface area contributed by atoms with E-state index in [9.17, 15) is 4.79 Å². The Labute approximate surface area is 127 Å². The molecule has 20 heavy (non-hydrogen) atoms. The summed E-state index contributed by atoms with van der Waals surface area (Å²) < 4.78 is 10.0. The highest BCUT2D eigenvalue weighted by atomic mass is 79.9. The Morgan fingerprint density at radius 1 is 1.45 bits per heavy atom. The van der Waals surface area contributed by atoms with E-state index in [1.54, 1.807) is 13.2 Å². The highest BCUT2D eigenvalue weighted by Gasteiger charge is 2.22. The van der Waals surface area contributed by atoms with E-state index < -0.39 is 0 Å². The Kier molecular flexibility index (Phi) is 6.00. The number of methoxy groups -OCH3 is 1. The fraction of sp³-hybridized carbons (Fsp3) is 0.692. The third kappa shape index (κ3) is 4.04. The molecule has 1 aromatic rings. The van der Waals surface area contributed by atoms with Crippen molar-refractivity contribution in [3.63, 3.8) is 0 Å². The minimum atomic E-state index is -0.0585. The molecule has 0 unspecified atom stereocenters. The summed E-state index contributed by atoms with van der Waals surface area (Å²) >= 11 is 3.45. The van der Waals surface area contributed by atoms with Gasteiger partial charge in [0.2, 0.25) is 0 Å². The van der Waals surface area contributed by atoms with E-state index in [4.69, 9.17) is 9.26 Å². The van der Waals surface area contributed by atoms with E-state index in [0.29, 0.717) is 18.1 Å². The van der Waals surface area contributed by atoms with Gasteiger partial charge in [-0.1, -0.05) is 21.1 Å². The van der Waals surface area contributed by atoms with Crippen LogP contribution >= 0.6 is 15.9 Å². The standard InChI is InChI=1S/C13H20BrN3O3/c1-19-10-11-9-12(15-20-11)13(18)17-5-2-4-16(6-3-14)7-8-17/h9H,2-8,10H2,1H3. The summed E-state index contributed by atoms with van der Waals surface area (Å²) in [4.78, 5) is 16.6. The molecular weight excluding hydrogens is 326 g/mol. The first-order valence-corrected chi connectivity index (χ1v) is 7.89. The number of nitrogens with zero attached hydrogens (tertiary/aromatic N) is 3. The first-order valence-electron chi connectivity index (χ1n) is 6.76. The molecule has 6 nitrogen and oxygen atoms in total. The fourth-order valence-corrected chi connectivity index (χ4v) is 2.80. The molecule has 1 aromatic heterocycles. The van der Waals surface area contributed by atoms with Crippen molar-refractivity contribution < 1.29 is 14.1 Å². The zero-order valence-electron chi connectivity index (χ0n) is 11.7. The number of carbonyl (C=O) groups excluding carboxylic acids is 1. The molecule has 0 spiro atoms. The maximum atomic E-state index is 12.4. The molecule has 1 saturated heterocycles. The van der Waals surface area contributed by atoms with Crippen LogP contribution < -0.4 is 0 Å². The minimum absolute atomic E-state index is 0.0585. The quantitative estimate of drug-likeness (QED) is 0.754. The molecule has 0 saturated carbocycles. The smallest absolute Gasteiger partial charge is 0.276 e. The minimum Gasteiger partial charge on any atom is -0.377 e. The Hall–Kier alpha value is -0.920. The average molecular weight is 346 g/mol. The molecule has 0 bridgehead atoms. The largest absolute Gasteiger partial charge is 0.377 e. The molecule has 7 heteroatoms. The summed E-state index contributed by atoms with van der Waals surface area (Å²) in [5.74, 6) is 0.517. The lowest BCUT2D eigenvalue weighted by atomic mass is 10.3. The highest BCUT2D eigenvalue weighted by molar-refractivity contribution is 9.09. The van der Waals surface area contributed by atoms with Crippen molar-refractivity contribution in [3.05, 3.63) is 17.5 Å². The number of rotatable bonds is 5. The van der Waals surface area contributed by atoms with Crippen LogP contribution in [0.4, 0.5) is 0 Å². The predicted molar refractivity (Wildman–Crippen MR) is 78.0 cm³/mol. The lowest BCUT2D eigenvalue weighted by Crippen LogP contribution is -2.35. The van der Waals surface area contributed by atoms with Gasteiger partial charge < -0.3 is 19.1 Å². The molecule has 112 valence electrons. The number of alkyl halides is 1. The summed E-state index contributed by atoms with van der Waals surface area (Å²) in [6, 6.07) is 1.66. The molecule has 0 radical (unpaired) electrons. The third-order valence-electron chi connectivity index (χ3n) is 3.34. The Bertz CT molecular complexity index is 438. The summed E-state index contributed by atoms with van der Waals surface area (Å²) in [7, 11) is 1.58. The van der Waals surface area contributed by atoms with Crippen molar-refractivity contribution in [2.75, 3.05) is 45.2 Å². The summed E-state index contributed by atoms with van der Waals surface area (Å²) in [5, 5.41) is 4.79. The molecule has 2 heterocycles. The van der Waals surface area contributed by atoms with E-state index in [1.807, 2.05) is 4.90 Å². The second-order valence-electron chi connectivity index (χ2n) is 4.79. The summed E-state index contributed by atoms with van der Waals surface area (Å²) in [6.07, 6.45) is 0.988. The van der Waals surface area contributed by atoms with Gasteiger partial charge in [0.15, 0.2) is 11.5 Å². The normalized spacial score (nSPS) is 17.2. The first-order chi connectivity index (χ1) is 9.74. The zero-order valence-corrected chi connectivity index (χ0v) is 13.3. The molecule has 0 aliphatic carbocycles. The maximum Gasteiger partial charge on any atom is 0.276 e. The van der Waals surface area contributed by atoms with Gasteiger partial charge in [0.1, 0.15) is 6.61 Å². The fourth-order valence-electron chi connectivity index (χ4n) is 2.30. The lowest BCUT2D eigenvalue weighted by molar-refractivity contribution is 0.0751. The van der Waals surface area contributed by atoms with Gasteiger partial charge in [-0.3, -0.25) is 4.79 Å². The van der Waals surface area contributed by atoms with Crippen molar-refractivity contribution in [1.82, 2.24) is 15.0 Å². The molecule has 2 rings (SSSR count). The molecule has 1 aliphatic rings. The van der Waals surface area contributed by atoms with Crippen LogP contribution in [0.15, 0.2) is 10.6 Å². The summed E-state index contributed by atoms with van der Waals surface area (Å²) in [6.45, 7) is 4.79. The Morgan fingerprint density at radius 2 is 2.30 bits per heavy atom. The molecular formula is C13H20BrN3O3. The van der Waals surface area contributed by atoms with E-state index in [0.717, 1.165) is 44.5 Å². The van der Waals surface area contributed by atoms with E-state index >= 15 is 0 Å². The number of hydrogen-bond acceptors (Lipinski definition) is 5.